The van der Waals surface area contributed by atoms with E-state index in [1.165, 1.54) is 29.5 Å². The summed E-state index contributed by atoms with van der Waals surface area (Å²) in [6.07, 6.45) is 0.846. The third kappa shape index (κ3) is 2.09. The highest BCUT2D eigenvalue weighted by molar-refractivity contribution is 7.16. The lowest BCUT2D eigenvalue weighted by molar-refractivity contribution is -0.161. The van der Waals surface area contributed by atoms with Gasteiger partial charge in [0.2, 0.25) is 11.7 Å². The summed E-state index contributed by atoms with van der Waals surface area (Å²) in [4.78, 5) is 41.6. The molecule has 10 heteroatoms. The molecule has 26 heavy (non-hydrogen) atoms. The number of hydrogen-bond donors (Lipinski definition) is 3. The van der Waals surface area contributed by atoms with Gasteiger partial charge in [-0.25, -0.2) is 9.78 Å². The van der Waals surface area contributed by atoms with Gasteiger partial charge < -0.3 is 20.2 Å². The first-order chi connectivity index (χ1) is 12.4. The fourth-order valence-corrected chi connectivity index (χ4v) is 4.79. The number of imidazole rings is 1. The number of Topliss-reactive ketones (excluding diaryl/α,β-unsaturated/α-hetero) is 1. The van der Waals surface area contributed by atoms with Crippen LogP contribution in [0.15, 0.2) is 17.4 Å². The third-order valence-corrected chi connectivity index (χ3v) is 5.87. The number of ketones is 1. The summed E-state index contributed by atoms with van der Waals surface area (Å²) in [5.41, 5.74) is 1.03. The zero-order chi connectivity index (χ0) is 18.7. The van der Waals surface area contributed by atoms with Crippen LogP contribution in [0.25, 0.3) is 10.4 Å². The van der Waals surface area contributed by atoms with Crippen molar-refractivity contribution in [1.29, 1.82) is 0 Å². The first-order valence-electron chi connectivity index (χ1n) is 7.93. The van der Waals surface area contributed by atoms with Gasteiger partial charge in [-0.1, -0.05) is 0 Å². The Morgan fingerprint density at radius 1 is 1.46 bits per heavy atom. The van der Waals surface area contributed by atoms with Gasteiger partial charge in [0.15, 0.2) is 0 Å². The molecule has 3 atom stereocenters. The number of aliphatic hydroxyl groups is 2. The third-order valence-electron chi connectivity index (χ3n) is 4.91. The average Bonchev–Trinajstić information content (AvgIpc) is 3.24. The maximum atomic E-state index is 12.3. The van der Waals surface area contributed by atoms with Crippen molar-refractivity contribution in [3.05, 3.63) is 28.8 Å². The van der Waals surface area contributed by atoms with Crippen LogP contribution in [0.5, 0.6) is 0 Å². The van der Waals surface area contributed by atoms with Gasteiger partial charge in [0.1, 0.15) is 29.2 Å². The Morgan fingerprint density at radius 3 is 2.81 bits per heavy atom. The van der Waals surface area contributed by atoms with Crippen molar-refractivity contribution >= 4 is 39.4 Å². The Hall–Kier alpha value is -2.56. The summed E-state index contributed by atoms with van der Waals surface area (Å²) in [7, 11) is 0. The van der Waals surface area contributed by atoms with E-state index in [-0.39, 0.29) is 17.4 Å². The van der Waals surface area contributed by atoms with E-state index in [2.05, 4.69) is 4.98 Å². The highest BCUT2D eigenvalue weighted by Gasteiger charge is 2.57. The van der Waals surface area contributed by atoms with E-state index in [9.17, 15) is 24.6 Å². The molecule has 1 fully saturated rings. The Balaban J connectivity index is 1.82. The smallest absolute Gasteiger partial charge is 0.352 e. The zero-order valence-corrected chi connectivity index (χ0v) is 14.4. The van der Waals surface area contributed by atoms with E-state index in [4.69, 9.17) is 5.11 Å². The lowest BCUT2D eigenvalue weighted by Gasteiger charge is -2.44. The van der Waals surface area contributed by atoms with Crippen LogP contribution in [-0.4, -0.2) is 66.0 Å². The predicted octanol–water partition coefficient (Wildman–Crippen LogP) is -0.0220. The molecule has 2 aliphatic rings. The minimum atomic E-state index is -1.22. The van der Waals surface area contributed by atoms with Crippen LogP contribution in [0.1, 0.15) is 29.5 Å². The summed E-state index contributed by atoms with van der Waals surface area (Å²) in [6.45, 7) is 0.854. The van der Waals surface area contributed by atoms with E-state index in [0.717, 1.165) is 0 Å². The molecular weight excluding hydrogens is 362 g/mol. The topological polar surface area (TPSA) is 132 Å². The molecule has 1 amide bonds. The number of aromatic nitrogens is 2. The number of aliphatic carboxylic acids is 1. The lowest BCUT2D eigenvalue weighted by atomic mass is 9.83. The molecule has 1 saturated heterocycles. The van der Waals surface area contributed by atoms with Crippen LogP contribution in [0.4, 0.5) is 0 Å². The largest absolute Gasteiger partial charge is 0.477 e. The average molecular weight is 377 g/mol. The highest BCUT2D eigenvalue weighted by atomic mass is 32.1. The van der Waals surface area contributed by atoms with Crippen molar-refractivity contribution < 1.29 is 29.7 Å². The Bertz CT molecular complexity index is 987. The summed E-state index contributed by atoms with van der Waals surface area (Å²) < 4.78 is 1.60. The van der Waals surface area contributed by atoms with Crippen molar-refractivity contribution in [2.24, 2.45) is 5.92 Å². The second kappa shape index (κ2) is 5.73. The van der Waals surface area contributed by atoms with Gasteiger partial charge in [-0.05, 0) is 13.3 Å². The van der Waals surface area contributed by atoms with Gasteiger partial charge in [0, 0.05) is 11.0 Å². The molecule has 0 aliphatic carbocycles. The molecule has 0 aromatic carbocycles. The maximum absolute atomic E-state index is 12.3. The number of hydrogen-bond acceptors (Lipinski definition) is 7. The molecule has 0 bridgehead atoms. The number of carboxylic acid groups (broad SMARTS) is 1. The minimum Gasteiger partial charge on any atom is -0.477 e. The summed E-state index contributed by atoms with van der Waals surface area (Å²) in [5, 5.41) is 30.2. The Morgan fingerprint density at radius 2 is 2.19 bits per heavy atom. The van der Waals surface area contributed by atoms with Crippen LogP contribution in [0.3, 0.4) is 0 Å². The van der Waals surface area contributed by atoms with Gasteiger partial charge in [-0.3, -0.25) is 14.0 Å². The summed E-state index contributed by atoms with van der Waals surface area (Å²) in [6, 6.07) is -0.388. The number of amides is 1. The van der Waals surface area contributed by atoms with Gasteiger partial charge >= 0.3 is 5.97 Å². The number of fused-ring (bicyclic) bond motifs is 2. The van der Waals surface area contributed by atoms with E-state index in [1.54, 1.807) is 9.78 Å². The number of thiazole rings is 1. The second-order valence-electron chi connectivity index (χ2n) is 6.35. The molecule has 2 aromatic rings. The molecule has 9 nitrogen and oxygen atoms in total. The van der Waals surface area contributed by atoms with Gasteiger partial charge in [0.05, 0.1) is 23.8 Å². The number of carbonyl (C=O) groups is 3. The van der Waals surface area contributed by atoms with Crippen molar-refractivity contribution in [2.75, 3.05) is 6.61 Å². The quantitative estimate of drug-likeness (QED) is 0.493. The molecule has 2 aromatic heterocycles. The molecular formula is C16H15N3O6S. The van der Waals surface area contributed by atoms with Crippen LogP contribution in [0, 0.1) is 5.92 Å². The molecule has 0 saturated carbocycles. The number of nitrogens with zero attached hydrogens (tertiary/aromatic N) is 3. The first-order valence-corrected chi connectivity index (χ1v) is 8.81. The molecule has 4 rings (SSSR count). The van der Waals surface area contributed by atoms with Crippen molar-refractivity contribution in [1.82, 2.24) is 14.3 Å². The van der Waals surface area contributed by atoms with Gasteiger partial charge in [-0.15, -0.1) is 11.3 Å². The van der Waals surface area contributed by atoms with E-state index < -0.39 is 36.3 Å². The monoisotopic (exact) mass is 377 g/mol. The zero-order valence-electron chi connectivity index (χ0n) is 13.6. The molecule has 0 spiro atoms. The number of β-lactam (4-membered cyclic amide) rings is 1. The van der Waals surface area contributed by atoms with E-state index in [0.29, 0.717) is 22.5 Å². The molecule has 0 radical (unpaired) electrons. The van der Waals surface area contributed by atoms with Crippen LogP contribution < -0.4 is 0 Å². The standard InChI is InChI=1S/C16H15N3O6S/c1-6(21)11-8-2-7(13(16(24)25)19(8)14(11)23)9-4-26-15-12(10(22)3-20)17-5-18(9)15/h4-6,8,11,20-21H,2-3H2,1H3,(H,24,25)/t6-,8-,11-/m1/s1. The summed E-state index contributed by atoms with van der Waals surface area (Å²) >= 11 is 1.21. The summed E-state index contributed by atoms with van der Waals surface area (Å²) in [5.74, 6) is -2.75. The second-order valence-corrected chi connectivity index (χ2v) is 7.21. The normalized spacial score (nSPS) is 23.3. The van der Waals surface area contributed by atoms with Crippen molar-refractivity contribution in [3.8, 4) is 0 Å². The van der Waals surface area contributed by atoms with E-state index >= 15 is 0 Å². The number of rotatable bonds is 5. The van der Waals surface area contributed by atoms with E-state index in [1.807, 2.05) is 0 Å². The fourth-order valence-electron chi connectivity index (χ4n) is 3.77. The fraction of sp³-hybridized carbons (Fsp3) is 0.375. The van der Waals surface area contributed by atoms with Gasteiger partial charge in [-0.2, -0.15) is 0 Å². The molecule has 2 aliphatic heterocycles. The first kappa shape index (κ1) is 16.9. The predicted molar refractivity (Wildman–Crippen MR) is 89.5 cm³/mol. The lowest BCUT2D eigenvalue weighted by Crippen LogP contribution is -2.61. The Labute approximate surface area is 150 Å². The Kier molecular flexibility index (Phi) is 3.72. The maximum Gasteiger partial charge on any atom is 0.352 e. The van der Waals surface area contributed by atoms with Crippen molar-refractivity contribution in [3.63, 3.8) is 0 Å². The van der Waals surface area contributed by atoms with Crippen LogP contribution >= 0.6 is 11.3 Å². The highest BCUT2D eigenvalue weighted by Crippen LogP contribution is 2.47. The van der Waals surface area contributed by atoms with Gasteiger partial charge in [0.25, 0.3) is 0 Å². The van der Waals surface area contributed by atoms with Crippen molar-refractivity contribution in [2.45, 2.75) is 25.5 Å². The number of aliphatic hydroxyl groups excluding tert-OH is 2. The molecule has 136 valence electrons. The van der Waals surface area contributed by atoms with Crippen LogP contribution in [0.2, 0.25) is 0 Å². The molecule has 3 N–H and O–H groups in total. The molecule has 0 unspecified atom stereocenters. The number of carbonyl (C=O) groups excluding carboxylic acids is 2. The minimum absolute atomic E-state index is 0.0969. The number of carboxylic acids is 1. The SMILES string of the molecule is C[C@@H](O)[C@H]1C(=O)N2C(C(=O)O)=C(c3csc4c(C(=O)CO)ncn34)C[C@H]12. The molecule has 4 heterocycles. The van der Waals surface area contributed by atoms with Crippen LogP contribution in [-0.2, 0) is 9.59 Å².